The van der Waals surface area contributed by atoms with Crippen LogP contribution in [-0.4, -0.2) is 35.9 Å². The molecule has 3 rings (SSSR count). The summed E-state index contributed by atoms with van der Waals surface area (Å²) in [6, 6.07) is 0. The van der Waals surface area contributed by atoms with Gasteiger partial charge in [0.25, 0.3) is 5.78 Å². The van der Waals surface area contributed by atoms with Gasteiger partial charge >= 0.3 is 5.97 Å². The van der Waals surface area contributed by atoms with Gasteiger partial charge in [-0.25, -0.2) is 4.79 Å². The van der Waals surface area contributed by atoms with Crippen LogP contribution in [0.25, 0.3) is 0 Å². The molecule has 1 aliphatic carbocycles. The normalized spacial score (nSPS) is 23.6. The van der Waals surface area contributed by atoms with Gasteiger partial charge in [-0.2, -0.15) is 0 Å². The molecule has 0 amide bonds. The Morgan fingerprint density at radius 2 is 1.76 bits per heavy atom. The van der Waals surface area contributed by atoms with Gasteiger partial charge in [0, 0.05) is 13.1 Å². The quantitative estimate of drug-likeness (QED) is 0.431. The fourth-order valence-electron chi connectivity index (χ4n) is 4.06. The number of anilines is 1. The van der Waals surface area contributed by atoms with E-state index in [0.29, 0.717) is 28.5 Å². The van der Waals surface area contributed by atoms with Crippen molar-refractivity contribution in [2.75, 3.05) is 18.0 Å². The molecule has 1 saturated heterocycles. The van der Waals surface area contributed by atoms with Gasteiger partial charge in [0.1, 0.15) is 0 Å². The molecule has 25 heavy (non-hydrogen) atoms. The second-order valence-electron chi connectivity index (χ2n) is 8.04. The number of Topliss-reactive ketones (excluding diaryl/α,β-unsaturated/α-hetero) is 1. The van der Waals surface area contributed by atoms with Crippen LogP contribution in [-0.2, 0) is 9.53 Å². The fourth-order valence-corrected chi connectivity index (χ4v) is 4.60. The summed E-state index contributed by atoms with van der Waals surface area (Å²) in [6.07, 6.45) is -0.331. The van der Waals surface area contributed by atoms with E-state index in [1.807, 2.05) is 6.92 Å². The number of hydrogen-bond acceptors (Lipinski definition) is 5. The van der Waals surface area contributed by atoms with Crippen LogP contribution in [0.2, 0.25) is 0 Å². The third-order valence-electron chi connectivity index (χ3n) is 5.65. The smallest absolute Gasteiger partial charge is 0.380 e. The number of pyridine rings is 1. The third kappa shape index (κ3) is 2.98. The van der Waals surface area contributed by atoms with Crippen molar-refractivity contribution in [2.24, 2.45) is 17.3 Å². The minimum Gasteiger partial charge on any atom is -0.457 e. The second-order valence-corrected chi connectivity index (χ2v) is 8.84. The maximum atomic E-state index is 12.8. The van der Waals surface area contributed by atoms with E-state index in [1.165, 1.54) is 0 Å². The Balaban J connectivity index is 2.00. The number of nitrogens with zero attached hydrogens (tertiary/aromatic N) is 2. The predicted molar refractivity (Wildman–Crippen MR) is 99.9 cm³/mol. The number of piperidine rings is 1. The number of aromatic nitrogens is 1. The molecule has 1 aliphatic heterocycles. The lowest BCUT2D eigenvalue weighted by atomic mass is 10.0. The molecule has 0 aromatic carbocycles. The summed E-state index contributed by atoms with van der Waals surface area (Å²) < 4.78 is 5.91. The number of halogens is 1. The second kappa shape index (κ2) is 6.08. The van der Waals surface area contributed by atoms with E-state index >= 15 is 0 Å². The van der Waals surface area contributed by atoms with Gasteiger partial charge in [0.05, 0.1) is 33.2 Å². The Bertz CT molecular complexity index is 744. The Morgan fingerprint density at radius 3 is 2.28 bits per heavy atom. The van der Waals surface area contributed by atoms with Crippen molar-refractivity contribution >= 4 is 33.4 Å². The van der Waals surface area contributed by atoms with Crippen LogP contribution in [0.5, 0.6) is 0 Å². The number of carbonyl (C=O) groups excluding carboxylic acids is 2. The van der Waals surface area contributed by atoms with Gasteiger partial charge in [-0.05, 0) is 60.9 Å². The lowest BCUT2D eigenvalue weighted by Crippen LogP contribution is -2.31. The van der Waals surface area contributed by atoms with Gasteiger partial charge in [-0.3, -0.25) is 9.78 Å². The number of rotatable bonds is 4. The highest BCUT2D eigenvalue weighted by Crippen LogP contribution is 2.63. The summed E-state index contributed by atoms with van der Waals surface area (Å²) in [5.74, 6) is -0.159. The number of hydrogen-bond donors (Lipinski definition) is 0. The van der Waals surface area contributed by atoms with Crippen molar-refractivity contribution in [3.05, 3.63) is 21.4 Å². The lowest BCUT2D eigenvalue weighted by Gasteiger charge is -2.28. The van der Waals surface area contributed by atoms with E-state index in [4.69, 9.17) is 4.74 Å². The molecule has 0 spiro atoms. The number of esters is 1. The minimum atomic E-state index is -0.818. The molecule has 0 N–H and O–H groups in total. The molecule has 2 heterocycles. The van der Waals surface area contributed by atoms with Gasteiger partial charge in [0.2, 0.25) is 0 Å². The lowest BCUT2D eigenvalue weighted by molar-refractivity contribution is -0.141. The fraction of sp³-hybridized carbons (Fsp3) is 0.632. The van der Waals surface area contributed by atoms with Crippen LogP contribution in [0.3, 0.4) is 0 Å². The summed E-state index contributed by atoms with van der Waals surface area (Å²) >= 11 is 3.60. The van der Waals surface area contributed by atoms with Crippen LogP contribution in [0.4, 0.5) is 5.69 Å². The SMILES string of the molecule is Cc1nc(C)c(C(=O)C(=O)OC(C)C)c(N2CC3C(C2)C3(C)C)c1Br. The van der Waals surface area contributed by atoms with E-state index in [0.717, 1.165) is 28.9 Å². The summed E-state index contributed by atoms with van der Waals surface area (Å²) in [6.45, 7) is 13.5. The van der Waals surface area contributed by atoms with Crippen molar-refractivity contribution in [3.8, 4) is 0 Å². The Kier molecular flexibility index (Phi) is 4.46. The molecular weight excluding hydrogens is 384 g/mol. The zero-order valence-corrected chi connectivity index (χ0v) is 17.2. The summed E-state index contributed by atoms with van der Waals surface area (Å²) in [4.78, 5) is 31.7. The molecule has 2 atom stereocenters. The summed E-state index contributed by atoms with van der Waals surface area (Å²) in [7, 11) is 0. The standard InChI is InChI=1S/C19H25BrN2O3/c1-9(2)25-18(24)17(23)14-10(3)21-11(4)15(20)16(14)22-7-12-13(8-22)19(12,5)6/h9,12-13H,7-8H2,1-6H3. The van der Waals surface area contributed by atoms with E-state index in [1.54, 1.807) is 20.8 Å². The van der Waals surface area contributed by atoms with E-state index in [9.17, 15) is 9.59 Å². The maximum absolute atomic E-state index is 12.8. The van der Waals surface area contributed by atoms with Crippen molar-refractivity contribution in [2.45, 2.75) is 47.6 Å². The van der Waals surface area contributed by atoms with Crippen molar-refractivity contribution in [3.63, 3.8) is 0 Å². The maximum Gasteiger partial charge on any atom is 0.380 e. The average Bonchev–Trinajstić information content (AvgIpc) is 2.88. The molecule has 136 valence electrons. The summed E-state index contributed by atoms with van der Waals surface area (Å²) in [5, 5.41) is 0. The predicted octanol–water partition coefficient (Wildman–Crippen LogP) is 3.69. The molecule has 1 aromatic rings. The first-order valence-corrected chi connectivity index (χ1v) is 9.52. The molecule has 2 unspecified atom stereocenters. The van der Waals surface area contributed by atoms with E-state index in [2.05, 4.69) is 39.7 Å². The highest BCUT2D eigenvalue weighted by Gasteiger charge is 2.62. The average molecular weight is 409 g/mol. The molecule has 0 radical (unpaired) electrons. The molecule has 6 heteroatoms. The molecule has 2 fully saturated rings. The van der Waals surface area contributed by atoms with Crippen molar-refractivity contribution in [1.82, 2.24) is 4.98 Å². The number of aryl methyl sites for hydroxylation is 2. The first-order chi connectivity index (χ1) is 11.6. The molecule has 2 aliphatic rings. The van der Waals surface area contributed by atoms with Crippen molar-refractivity contribution < 1.29 is 14.3 Å². The highest BCUT2D eigenvalue weighted by atomic mass is 79.9. The van der Waals surface area contributed by atoms with Gasteiger partial charge in [0.15, 0.2) is 0 Å². The first-order valence-electron chi connectivity index (χ1n) is 8.72. The van der Waals surface area contributed by atoms with Crippen LogP contribution < -0.4 is 4.90 Å². The topological polar surface area (TPSA) is 59.5 Å². The number of ether oxygens (including phenoxy) is 1. The van der Waals surface area contributed by atoms with E-state index in [-0.39, 0.29) is 6.10 Å². The molecule has 1 saturated carbocycles. The van der Waals surface area contributed by atoms with Gasteiger partial charge in [-0.1, -0.05) is 13.8 Å². The van der Waals surface area contributed by atoms with Gasteiger partial charge < -0.3 is 9.64 Å². The Labute approximate surface area is 157 Å². The number of ketones is 1. The molecule has 1 aromatic heterocycles. The Hall–Kier alpha value is -1.43. The molecule has 0 bridgehead atoms. The summed E-state index contributed by atoms with van der Waals surface area (Å²) in [5.41, 5.74) is 2.92. The number of carbonyl (C=O) groups is 2. The van der Waals surface area contributed by atoms with Gasteiger partial charge in [-0.15, -0.1) is 0 Å². The Morgan fingerprint density at radius 1 is 1.20 bits per heavy atom. The van der Waals surface area contributed by atoms with Crippen LogP contribution in [0.1, 0.15) is 49.4 Å². The zero-order chi connectivity index (χ0) is 18.7. The largest absolute Gasteiger partial charge is 0.457 e. The van der Waals surface area contributed by atoms with Crippen molar-refractivity contribution in [1.29, 1.82) is 0 Å². The van der Waals surface area contributed by atoms with Crippen LogP contribution >= 0.6 is 15.9 Å². The zero-order valence-electron chi connectivity index (χ0n) is 15.6. The molecule has 5 nitrogen and oxygen atoms in total. The van der Waals surface area contributed by atoms with E-state index < -0.39 is 11.8 Å². The number of fused-ring (bicyclic) bond motifs is 1. The van der Waals surface area contributed by atoms with Crippen LogP contribution in [0, 0.1) is 31.1 Å². The highest BCUT2D eigenvalue weighted by molar-refractivity contribution is 9.10. The monoisotopic (exact) mass is 408 g/mol. The minimum absolute atomic E-state index is 0.331. The third-order valence-corrected chi connectivity index (χ3v) is 6.60. The first kappa shape index (κ1) is 18.4. The van der Waals surface area contributed by atoms with Crippen LogP contribution in [0.15, 0.2) is 4.47 Å². The molecular formula is C19H25BrN2O3.